The van der Waals surface area contributed by atoms with Crippen LogP contribution in [0.4, 0.5) is 0 Å². The van der Waals surface area contributed by atoms with Crippen molar-refractivity contribution >= 4 is 9.84 Å². The molecule has 2 atom stereocenters. The van der Waals surface area contributed by atoms with E-state index in [9.17, 15) is 13.5 Å². The quantitative estimate of drug-likeness (QED) is 0.785. The Morgan fingerprint density at radius 3 is 2.22 bits per heavy atom. The second-order valence-electron chi connectivity index (χ2n) is 5.29. The van der Waals surface area contributed by atoms with Crippen molar-refractivity contribution in [3.8, 4) is 0 Å². The summed E-state index contributed by atoms with van der Waals surface area (Å²) in [7, 11) is -3.07. The second-order valence-corrected chi connectivity index (χ2v) is 7.45. The van der Waals surface area contributed by atoms with E-state index in [1.54, 1.807) is 0 Å². The third kappa shape index (κ3) is 2.30. The summed E-state index contributed by atoms with van der Waals surface area (Å²) in [5, 5.41) is 13.1. The zero-order valence-electron chi connectivity index (χ0n) is 10.0. The lowest BCUT2D eigenvalue weighted by Gasteiger charge is -2.20. The summed E-state index contributed by atoms with van der Waals surface area (Å²) < 4.78 is 22.9. The number of aliphatic hydroxyl groups excluding tert-OH is 1. The molecule has 1 aliphatic heterocycles. The second kappa shape index (κ2) is 4.33. The number of aliphatic hydroxyl groups is 1. The molecule has 1 heterocycles. The fraction of sp³-hybridized carbons (Fsp3) is 0.538. The highest BCUT2D eigenvalue weighted by atomic mass is 32.2. The molecule has 0 spiro atoms. The van der Waals surface area contributed by atoms with Crippen molar-refractivity contribution in [1.29, 1.82) is 0 Å². The van der Waals surface area contributed by atoms with Gasteiger partial charge in [0.1, 0.15) is 0 Å². The van der Waals surface area contributed by atoms with Gasteiger partial charge in [0.05, 0.1) is 17.6 Å². The molecule has 1 aliphatic carbocycles. The van der Waals surface area contributed by atoms with E-state index in [2.05, 4.69) is 17.4 Å². The van der Waals surface area contributed by atoms with E-state index in [-0.39, 0.29) is 23.6 Å². The molecule has 4 nitrogen and oxygen atoms in total. The van der Waals surface area contributed by atoms with E-state index in [1.165, 1.54) is 11.1 Å². The molecule has 98 valence electrons. The molecular weight excluding hydrogens is 250 g/mol. The van der Waals surface area contributed by atoms with Crippen molar-refractivity contribution in [3.05, 3.63) is 35.4 Å². The lowest BCUT2D eigenvalue weighted by Crippen LogP contribution is -2.45. The first kappa shape index (κ1) is 12.1. The van der Waals surface area contributed by atoms with Gasteiger partial charge in [0.2, 0.25) is 0 Å². The number of hydrogen-bond donors (Lipinski definition) is 2. The van der Waals surface area contributed by atoms with E-state index in [0.717, 1.165) is 12.8 Å². The fourth-order valence-electron chi connectivity index (χ4n) is 2.97. The van der Waals surface area contributed by atoms with Gasteiger partial charge in [-0.2, -0.15) is 0 Å². The first-order valence-corrected chi connectivity index (χ1v) is 8.07. The summed E-state index contributed by atoms with van der Waals surface area (Å²) in [5.74, 6) is -0.0503. The minimum Gasteiger partial charge on any atom is -0.390 e. The molecule has 18 heavy (non-hydrogen) atoms. The minimum absolute atomic E-state index is 0.0566. The summed E-state index contributed by atoms with van der Waals surface area (Å²) in [5.41, 5.74) is 2.65. The molecule has 3 rings (SSSR count). The zero-order chi connectivity index (χ0) is 12.8. The topological polar surface area (TPSA) is 66.4 Å². The van der Waals surface area contributed by atoms with Crippen LogP contribution in [0.1, 0.15) is 11.1 Å². The molecule has 1 saturated heterocycles. The highest BCUT2D eigenvalue weighted by molar-refractivity contribution is 7.91. The normalized spacial score (nSPS) is 30.5. The van der Waals surface area contributed by atoms with Crippen molar-refractivity contribution in [3.63, 3.8) is 0 Å². The van der Waals surface area contributed by atoms with Crippen LogP contribution in [0, 0.1) is 0 Å². The lowest BCUT2D eigenvalue weighted by atomic mass is 10.1. The van der Waals surface area contributed by atoms with Gasteiger partial charge in [0.15, 0.2) is 9.84 Å². The van der Waals surface area contributed by atoms with Crippen molar-refractivity contribution in [2.24, 2.45) is 0 Å². The van der Waals surface area contributed by atoms with Crippen LogP contribution >= 0.6 is 0 Å². The maximum absolute atomic E-state index is 11.4. The predicted molar refractivity (Wildman–Crippen MR) is 69.2 cm³/mol. The van der Waals surface area contributed by atoms with Gasteiger partial charge in [-0.3, -0.25) is 0 Å². The summed E-state index contributed by atoms with van der Waals surface area (Å²) in [6.07, 6.45) is 1.07. The van der Waals surface area contributed by atoms with Crippen LogP contribution in [0.15, 0.2) is 24.3 Å². The van der Waals surface area contributed by atoms with Gasteiger partial charge in [-0.15, -0.1) is 0 Å². The molecule has 1 aromatic carbocycles. The van der Waals surface area contributed by atoms with Crippen LogP contribution in [-0.4, -0.2) is 43.2 Å². The first-order valence-electron chi connectivity index (χ1n) is 6.25. The molecule has 0 unspecified atom stereocenters. The van der Waals surface area contributed by atoms with Crippen molar-refractivity contribution in [2.75, 3.05) is 11.5 Å². The molecule has 2 aliphatic rings. The molecule has 0 radical (unpaired) electrons. The van der Waals surface area contributed by atoms with Gasteiger partial charge < -0.3 is 10.4 Å². The Balaban J connectivity index is 1.67. The third-order valence-corrected chi connectivity index (χ3v) is 5.54. The first-order chi connectivity index (χ1) is 8.53. The van der Waals surface area contributed by atoms with Crippen LogP contribution in [-0.2, 0) is 22.7 Å². The maximum Gasteiger partial charge on any atom is 0.154 e. The predicted octanol–water partition coefficient (Wildman–Crippen LogP) is -0.0987. The van der Waals surface area contributed by atoms with Gasteiger partial charge in [-0.25, -0.2) is 8.42 Å². The monoisotopic (exact) mass is 267 g/mol. The smallest absolute Gasteiger partial charge is 0.154 e. The highest BCUT2D eigenvalue weighted by Crippen LogP contribution is 2.23. The SMILES string of the molecule is O=S1(=O)C[C@@H](O)[C@H](NC2Cc3ccccc3C2)C1. The number of fused-ring (bicyclic) bond motifs is 1. The number of hydrogen-bond acceptors (Lipinski definition) is 4. The maximum atomic E-state index is 11.4. The van der Waals surface area contributed by atoms with Crippen LogP contribution < -0.4 is 5.32 Å². The van der Waals surface area contributed by atoms with Crippen LogP contribution in [0.25, 0.3) is 0 Å². The standard InChI is InChI=1S/C13H17NO3S/c15-13-8-18(16,17)7-12(13)14-11-5-9-3-1-2-4-10(9)6-11/h1-4,11-15H,5-8H2/t12-,13-/m1/s1. The Morgan fingerprint density at radius 2 is 1.72 bits per heavy atom. The van der Waals surface area contributed by atoms with Gasteiger partial charge in [0.25, 0.3) is 0 Å². The molecule has 0 amide bonds. The van der Waals surface area contributed by atoms with E-state index in [0.29, 0.717) is 0 Å². The minimum atomic E-state index is -3.07. The van der Waals surface area contributed by atoms with Gasteiger partial charge in [-0.1, -0.05) is 24.3 Å². The molecule has 0 bridgehead atoms. The third-order valence-electron chi connectivity index (χ3n) is 3.82. The Morgan fingerprint density at radius 1 is 1.11 bits per heavy atom. The van der Waals surface area contributed by atoms with E-state index in [1.807, 2.05) is 12.1 Å². The molecule has 1 aromatic rings. The number of benzene rings is 1. The Labute approximate surface area is 107 Å². The molecule has 0 saturated carbocycles. The van der Waals surface area contributed by atoms with Crippen molar-refractivity contribution in [2.45, 2.75) is 31.0 Å². The molecular formula is C13H17NO3S. The molecule has 2 N–H and O–H groups in total. The fourth-order valence-corrected chi connectivity index (χ4v) is 4.72. The molecule has 5 heteroatoms. The average Bonchev–Trinajstić information content (AvgIpc) is 2.79. The van der Waals surface area contributed by atoms with Crippen LogP contribution in [0.3, 0.4) is 0 Å². The summed E-state index contributed by atoms with van der Waals surface area (Å²) in [6, 6.07) is 8.20. The summed E-state index contributed by atoms with van der Waals surface area (Å²) >= 11 is 0. The number of sulfone groups is 1. The van der Waals surface area contributed by atoms with Crippen LogP contribution in [0.2, 0.25) is 0 Å². The number of rotatable bonds is 2. The summed E-state index contributed by atoms with van der Waals surface area (Å²) in [4.78, 5) is 0. The number of nitrogens with one attached hydrogen (secondary N) is 1. The van der Waals surface area contributed by atoms with Gasteiger partial charge >= 0.3 is 0 Å². The zero-order valence-corrected chi connectivity index (χ0v) is 10.9. The Hall–Kier alpha value is -0.910. The molecule has 1 fully saturated rings. The van der Waals surface area contributed by atoms with Crippen molar-refractivity contribution in [1.82, 2.24) is 5.32 Å². The van der Waals surface area contributed by atoms with Gasteiger partial charge in [-0.05, 0) is 24.0 Å². The van der Waals surface area contributed by atoms with Gasteiger partial charge in [0, 0.05) is 12.1 Å². The highest BCUT2D eigenvalue weighted by Gasteiger charge is 2.38. The average molecular weight is 267 g/mol. The van der Waals surface area contributed by atoms with Crippen molar-refractivity contribution < 1.29 is 13.5 Å². The van der Waals surface area contributed by atoms with E-state index >= 15 is 0 Å². The Kier molecular flexibility index (Phi) is 2.92. The van der Waals surface area contributed by atoms with E-state index < -0.39 is 15.9 Å². The largest absolute Gasteiger partial charge is 0.390 e. The van der Waals surface area contributed by atoms with Crippen LogP contribution in [0.5, 0.6) is 0 Å². The molecule has 0 aromatic heterocycles. The lowest BCUT2D eigenvalue weighted by molar-refractivity contribution is 0.159. The van der Waals surface area contributed by atoms with E-state index in [4.69, 9.17) is 0 Å². The Bertz CT molecular complexity index is 530. The summed E-state index contributed by atoms with van der Waals surface area (Å²) in [6.45, 7) is 0.